The lowest BCUT2D eigenvalue weighted by molar-refractivity contribution is 0.516. The lowest BCUT2D eigenvalue weighted by atomic mass is 9.98. The highest BCUT2D eigenvalue weighted by atomic mass is 32.2. The molecule has 0 amide bonds. The first kappa shape index (κ1) is 12.0. The third kappa shape index (κ3) is 2.80. The fourth-order valence-electron chi connectivity index (χ4n) is 2.46. The van der Waals surface area contributed by atoms with Crippen molar-refractivity contribution in [1.29, 1.82) is 0 Å². The Morgan fingerprint density at radius 2 is 2.25 bits per heavy atom. The number of hydrogen-bond acceptors (Lipinski definition) is 2. The molecule has 2 heteroatoms. The van der Waals surface area contributed by atoms with Crippen molar-refractivity contribution in [3.8, 4) is 0 Å². The Morgan fingerprint density at radius 3 is 2.88 bits per heavy atom. The monoisotopic (exact) mass is 235 g/mol. The molecule has 88 valence electrons. The van der Waals surface area contributed by atoms with E-state index in [1.165, 1.54) is 36.1 Å². The summed E-state index contributed by atoms with van der Waals surface area (Å²) >= 11 is 2.13. The standard InChI is InChI=1S/C14H21NS/c1-11-6-5-7-12(10-11)14(15-2)13-8-3-4-9-16-13/h5-7,10,13-15H,3-4,8-9H2,1-2H3. The molecule has 1 fully saturated rings. The van der Waals surface area contributed by atoms with Gasteiger partial charge in [0.05, 0.1) is 0 Å². The van der Waals surface area contributed by atoms with E-state index >= 15 is 0 Å². The molecule has 0 spiro atoms. The van der Waals surface area contributed by atoms with Gasteiger partial charge in [-0.15, -0.1) is 0 Å². The maximum Gasteiger partial charge on any atom is 0.0438 e. The zero-order chi connectivity index (χ0) is 11.4. The van der Waals surface area contributed by atoms with Gasteiger partial charge in [-0.2, -0.15) is 11.8 Å². The molecule has 2 rings (SSSR count). The maximum absolute atomic E-state index is 3.49. The van der Waals surface area contributed by atoms with E-state index in [1.54, 1.807) is 0 Å². The largest absolute Gasteiger partial charge is 0.312 e. The van der Waals surface area contributed by atoms with Gasteiger partial charge in [0.15, 0.2) is 0 Å². The molecule has 0 aliphatic carbocycles. The van der Waals surface area contributed by atoms with Gasteiger partial charge >= 0.3 is 0 Å². The van der Waals surface area contributed by atoms with Crippen molar-refractivity contribution < 1.29 is 0 Å². The summed E-state index contributed by atoms with van der Waals surface area (Å²) in [6.07, 6.45) is 4.14. The smallest absolute Gasteiger partial charge is 0.0438 e. The van der Waals surface area contributed by atoms with Crippen molar-refractivity contribution in [1.82, 2.24) is 5.32 Å². The molecule has 0 bridgehead atoms. The molecule has 1 N–H and O–H groups in total. The van der Waals surface area contributed by atoms with E-state index in [0.29, 0.717) is 6.04 Å². The molecule has 1 aliphatic heterocycles. The molecular weight excluding hydrogens is 214 g/mol. The van der Waals surface area contributed by atoms with E-state index < -0.39 is 0 Å². The first-order valence-electron chi connectivity index (χ1n) is 6.16. The van der Waals surface area contributed by atoms with Gasteiger partial charge in [-0.25, -0.2) is 0 Å². The molecule has 0 radical (unpaired) electrons. The molecule has 1 saturated heterocycles. The number of hydrogen-bond donors (Lipinski definition) is 1. The molecule has 0 aromatic heterocycles. The summed E-state index contributed by atoms with van der Waals surface area (Å²) in [6, 6.07) is 9.43. The van der Waals surface area contributed by atoms with Gasteiger partial charge in [-0.1, -0.05) is 36.2 Å². The fraction of sp³-hybridized carbons (Fsp3) is 0.571. The highest BCUT2D eigenvalue weighted by Gasteiger charge is 2.24. The minimum atomic E-state index is 0.519. The van der Waals surface area contributed by atoms with Crippen molar-refractivity contribution in [3.63, 3.8) is 0 Å². The minimum absolute atomic E-state index is 0.519. The van der Waals surface area contributed by atoms with Crippen LogP contribution in [0.1, 0.15) is 36.4 Å². The number of rotatable bonds is 3. The summed E-state index contributed by atoms with van der Waals surface area (Å²) in [5.74, 6) is 1.33. The van der Waals surface area contributed by atoms with Gasteiger partial charge in [-0.3, -0.25) is 0 Å². The number of nitrogens with one attached hydrogen (secondary N) is 1. The van der Waals surface area contributed by atoms with Gasteiger partial charge in [0.1, 0.15) is 0 Å². The van der Waals surface area contributed by atoms with Crippen LogP contribution in [0.5, 0.6) is 0 Å². The third-order valence-corrected chi connectivity index (χ3v) is 4.76. The summed E-state index contributed by atoms with van der Waals surface area (Å²) in [5, 5.41) is 4.24. The predicted octanol–water partition coefficient (Wildman–Crippen LogP) is 3.54. The number of benzene rings is 1. The topological polar surface area (TPSA) is 12.0 Å². The van der Waals surface area contributed by atoms with Crippen molar-refractivity contribution in [2.45, 2.75) is 37.5 Å². The average molecular weight is 235 g/mol. The predicted molar refractivity (Wildman–Crippen MR) is 73.1 cm³/mol. The summed E-state index contributed by atoms with van der Waals surface area (Å²) in [4.78, 5) is 0. The molecule has 1 nitrogen and oxygen atoms in total. The van der Waals surface area contributed by atoms with Crippen LogP contribution < -0.4 is 5.32 Å². The van der Waals surface area contributed by atoms with Crippen LogP contribution in [-0.4, -0.2) is 18.1 Å². The highest BCUT2D eigenvalue weighted by molar-refractivity contribution is 8.00. The Hall–Kier alpha value is -0.470. The summed E-state index contributed by atoms with van der Waals surface area (Å²) in [7, 11) is 2.09. The van der Waals surface area contributed by atoms with Gasteiger partial charge < -0.3 is 5.32 Å². The SMILES string of the molecule is CNC(c1cccc(C)c1)C1CCCCS1. The molecular formula is C14H21NS. The molecule has 2 unspecified atom stereocenters. The molecule has 2 atom stereocenters. The van der Waals surface area contributed by atoms with Crippen molar-refractivity contribution in [3.05, 3.63) is 35.4 Å². The molecule has 16 heavy (non-hydrogen) atoms. The second-order valence-electron chi connectivity index (χ2n) is 4.59. The van der Waals surface area contributed by atoms with Gasteiger partial charge in [0.2, 0.25) is 0 Å². The van der Waals surface area contributed by atoms with Gasteiger partial charge in [0.25, 0.3) is 0 Å². The van der Waals surface area contributed by atoms with Crippen LogP contribution >= 0.6 is 11.8 Å². The van der Waals surface area contributed by atoms with Crippen LogP contribution in [0.2, 0.25) is 0 Å². The third-order valence-electron chi connectivity index (χ3n) is 3.30. The Bertz CT molecular complexity index is 331. The lowest BCUT2D eigenvalue weighted by Gasteiger charge is -2.30. The van der Waals surface area contributed by atoms with E-state index in [1.807, 2.05) is 0 Å². The molecule has 1 aromatic carbocycles. The lowest BCUT2D eigenvalue weighted by Crippen LogP contribution is -2.29. The van der Waals surface area contributed by atoms with Crippen LogP contribution in [0.25, 0.3) is 0 Å². The molecule has 0 saturated carbocycles. The Balaban J connectivity index is 2.14. The number of aryl methyl sites for hydroxylation is 1. The zero-order valence-corrected chi connectivity index (χ0v) is 11.0. The Kier molecular flexibility index (Phi) is 4.30. The second-order valence-corrected chi connectivity index (χ2v) is 5.93. The first-order chi connectivity index (χ1) is 7.81. The summed E-state index contributed by atoms with van der Waals surface area (Å²) in [6.45, 7) is 2.17. The van der Waals surface area contributed by atoms with Crippen molar-refractivity contribution in [2.75, 3.05) is 12.8 Å². The Morgan fingerprint density at radius 1 is 1.38 bits per heavy atom. The minimum Gasteiger partial charge on any atom is -0.312 e. The van der Waals surface area contributed by atoms with Crippen LogP contribution in [-0.2, 0) is 0 Å². The zero-order valence-electron chi connectivity index (χ0n) is 10.2. The van der Waals surface area contributed by atoms with Gasteiger partial charge in [0, 0.05) is 11.3 Å². The second kappa shape index (κ2) is 5.74. The summed E-state index contributed by atoms with van der Waals surface area (Å²) in [5.41, 5.74) is 2.81. The van der Waals surface area contributed by atoms with E-state index in [9.17, 15) is 0 Å². The van der Waals surface area contributed by atoms with Crippen LogP contribution in [0, 0.1) is 6.92 Å². The van der Waals surface area contributed by atoms with Crippen LogP contribution in [0.3, 0.4) is 0 Å². The maximum atomic E-state index is 3.49. The van der Waals surface area contributed by atoms with Crippen LogP contribution in [0.4, 0.5) is 0 Å². The Labute approximate surface area is 103 Å². The van der Waals surface area contributed by atoms with Gasteiger partial charge in [-0.05, 0) is 38.1 Å². The normalized spacial score (nSPS) is 23.0. The van der Waals surface area contributed by atoms with E-state index in [-0.39, 0.29) is 0 Å². The molecule has 1 heterocycles. The van der Waals surface area contributed by atoms with Crippen molar-refractivity contribution >= 4 is 11.8 Å². The number of thioether (sulfide) groups is 1. The van der Waals surface area contributed by atoms with E-state index in [4.69, 9.17) is 0 Å². The first-order valence-corrected chi connectivity index (χ1v) is 7.21. The average Bonchev–Trinajstić information content (AvgIpc) is 2.31. The molecule has 1 aromatic rings. The summed E-state index contributed by atoms with van der Waals surface area (Å²) < 4.78 is 0. The highest BCUT2D eigenvalue weighted by Crippen LogP contribution is 2.34. The fourth-order valence-corrected chi connectivity index (χ4v) is 3.95. The van der Waals surface area contributed by atoms with E-state index in [0.717, 1.165) is 5.25 Å². The van der Waals surface area contributed by atoms with Crippen molar-refractivity contribution in [2.24, 2.45) is 0 Å². The van der Waals surface area contributed by atoms with E-state index in [2.05, 4.69) is 55.3 Å². The van der Waals surface area contributed by atoms with Crippen LogP contribution in [0.15, 0.2) is 24.3 Å². The quantitative estimate of drug-likeness (QED) is 0.860. The molecule has 1 aliphatic rings.